The van der Waals surface area contributed by atoms with Gasteiger partial charge in [0.15, 0.2) is 0 Å². The van der Waals surface area contributed by atoms with Gasteiger partial charge in [0.05, 0.1) is 5.56 Å². The van der Waals surface area contributed by atoms with Crippen LogP contribution in [0.15, 0.2) is 18.2 Å². The number of hydrogen-bond donors (Lipinski definition) is 2. The normalized spacial score (nSPS) is 29.4. The topological polar surface area (TPSA) is 49.3 Å². The Balaban J connectivity index is 1.76. The van der Waals surface area contributed by atoms with E-state index in [0.29, 0.717) is 22.7 Å². The predicted molar refractivity (Wildman–Crippen MR) is 80.4 cm³/mol. The number of halogens is 1. The van der Waals surface area contributed by atoms with Gasteiger partial charge in [-0.05, 0) is 62.1 Å². The number of carboxylic acid groups (broad SMARTS) is 1. The third-order valence-corrected chi connectivity index (χ3v) is 5.27. The number of benzene rings is 1. The summed E-state index contributed by atoms with van der Waals surface area (Å²) in [4.78, 5) is 11.3. The van der Waals surface area contributed by atoms with Gasteiger partial charge in [0, 0.05) is 16.8 Å². The van der Waals surface area contributed by atoms with Crippen LogP contribution in [0.4, 0.5) is 5.69 Å². The average Bonchev–Trinajstić information content (AvgIpc) is 3.03. The van der Waals surface area contributed by atoms with Gasteiger partial charge in [-0.15, -0.1) is 0 Å². The van der Waals surface area contributed by atoms with E-state index in [-0.39, 0.29) is 5.56 Å². The molecule has 1 aromatic carbocycles. The minimum atomic E-state index is -0.935. The van der Waals surface area contributed by atoms with E-state index < -0.39 is 5.97 Å². The Kier molecular flexibility index (Phi) is 3.63. The Bertz CT molecular complexity index is 531. The summed E-state index contributed by atoms with van der Waals surface area (Å²) in [5.74, 6) is 1.46. The van der Waals surface area contributed by atoms with E-state index in [2.05, 4.69) is 12.2 Å². The number of anilines is 1. The molecule has 4 heteroatoms. The van der Waals surface area contributed by atoms with Crippen molar-refractivity contribution in [3.63, 3.8) is 0 Å². The molecule has 0 aliphatic heterocycles. The average molecular weight is 294 g/mol. The first-order valence-corrected chi connectivity index (χ1v) is 7.71. The van der Waals surface area contributed by atoms with Crippen molar-refractivity contribution in [3.8, 4) is 0 Å². The number of hydrogen-bond acceptors (Lipinski definition) is 2. The van der Waals surface area contributed by atoms with Crippen LogP contribution < -0.4 is 5.32 Å². The molecule has 108 valence electrons. The van der Waals surface area contributed by atoms with Crippen molar-refractivity contribution in [3.05, 3.63) is 28.8 Å². The van der Waals surface area contributed by atoms with E-state index >= 15 is 0 Å². The van der Waals surface area contributed by atoms with Gasteiger partial charge in [-0.2, -0.15) is 0 Å². The summed E-state index contributed by atoms with van der Waals surface area (Å²) in [5, 5.41) is 13.1. The van der Waals surface area contributed by atoms with Crippen LogP contribution in [0.3, 0.4) is 0 Å². The lowest BCUT2D eigenvalue weighted by Crippen LogP contribution is -2.30. The highest BCUT2D eigenvalue weighted by atomic mass is 35.5. The molecule has 3 rings (SSSR count). The number of rotatable bonds is 4. The van der Waals surface area contributed by atoms with Crippen LogP contribution in [-0.4, -0.2) is 17.1 Å². The molecule has 0 amide bonds. The molecule has 2 saturated carbocycles. The summed E-state index contributed by atoms with van der Waals surface area (Å²) < 4.78 is 0. The zero-order valence-corrected chi connectivity index (χ0v) is 12.4. The lowest BCUT2D eigenvalue weighted by molar-refractivity contribution is 0.0698. The SMILES string of the molecule is CC(Nc1ccc(Cl)cc1C(=O)O)C1CC2CCC1C2. The lowest BCUT2D eigenvalue weighted by atomic mass is 9.84. The maximum Gasteiger partial charge on any atom is 0.337 e. The maximum absolute atomic E-state index is 11.3. The third-order valence-electron chi connectivity index (χ3n) is 5.03. The first-order valence-electron chi connectivity index (χ1n) is 7.34. The predicted octanol–water partition coefficient (Wildman–Crippen LogP) is 4.27. The number of fused-ring (bicyclic) bond motifs is 2. The second-order valence-electron chi connectivity index (χ2n) is 6.27. The Labute approximate surface area is 124 Å². The van der Waals surface area contributed by atoms with Crippen molar-refractivity contribution < 1.29 is 9.90 Å². The summed E-state index contributed by atoms with van der Waals surface area (Å²) >= 11 is 5.88. The van der Waals surface area contributed by atoms with Crippen molar-refractivity contribution in [2.24, 2.45) is 17.8 Å². The molecule has 2 aliphatic rings. The maximum atomic E-state index is 11.3. The van der Waals surface area contributed by atoms with Crippen LogP contribution in [0, 0.1) is 17.8 Å². The van der Waals surface area contributed by atoms with Gasteiger partial charge in [-0.25, -0.2) is 4.79 Å². The first kappa shape index (κ1) is 13.7. The molecule has 2 N–H and O–H groups in total. The largest absolute Gasteiger partial charge is 0.478 e. The van der Waals surface area contributed by atoms with E-state index in [1.165, 1.54) is 31.7 Å². The van der Waals surface area contributed by atoms with E-state index in [9.17, 15) is 9.90 Å². The highest BCUT2D eigenvalue weighted by molar-refractivity contribution is 6.31. The highest BCUT2D eigenvalue weighted by Crippen LogP contribution is 2.49. The van der Waals surface area contributed by atoms with Gasteiger partial charge in [0.1, 0.15) is 0 Å². The molecule has 4 unspecified atom stereocenters. The monoisotopic (exact) mass is 293 g/mol. The van der Waals surface area contributed by atoms with E-state index in [1.807, 2.05) is 0 Å². The Morgan fingerprint density at radius 2 is 2.20 bits per heavy atom. The standard InChI is InChI=1S/C16H20ClNO2/c1-9(13-7-10-2-3-11(13)6-10)18-15-5-4-12(17)8-14(15)16(19)20/h4-5,8-11,13,18H,2-3,6-7H2,1H3,(H,19,20). The van der Waals surface area contributed by atoms with Crippen LogP contribution in [-0.2, 0) is 0 Å². The molecule has 4 atom stereocenters. The summed E-state index contributed by atoms with van der Waals surface area (Å²) in [6, 6.07) is 5.34. The molecule has 1 aromatic rings. The van der Waals surface area contributed by atoms with Crippen LogP contribution in [0.1, 0.15) is 43.0 Å². The molecule has 3 nitrogen and oxygen atoms in total. The van der Waals surface area contributed by atoms with Crippen molar-refractivity contribution in [2.45, 2.75) is 38.6 Å². The fourth-order valence-corrected chi connectivity index (χ4v) is 4.25. The lowest BCUT2D eigenvalue weighted by Gasteiger charge is -2.29. The van der Waals surface area contributed by atoms with Crippen molar-refractivity contribution >= 4 is 23.3 Å². The first-order chi connectivity index (χ1) is 9.54. The number of carbonyl (C=O) groups is 1. The van der Waals surface area contributed by atoms with Gasteiger partial charge in [-0.1, -0.05) is 18.0 Å². The molecule has 2 aliphatic carbocycles. The van der Waals surface area contributed by atoms with E-state index in [1.54, 1.807) is 12.1 Å². The molecular formula is C16H20ClNO2. The van der Waals surface area contributed by atoms with Gasteiger partial charge in [0.2, 0.25) is 0 Å². The Morgan fingerprint density at radius 1 is 1.40 bits per heavy atom. The minimum Gasteiger partial charge on any atom is -0.478 e. The molecule has 0 spiro atoms. The fraction of sp³-hybridized carbons (Fsp3) is 0.562. The summed E-state index contributed by atoms with van der Waals surface area (Å²) in [6.45, 7) is 2.17. The second kappa shape index (κ2) is 5.28. The van der Waals surface area contributed by atoms with Crippen molar-refractivity contribution in [1.29, 1.82) is 0 Å². The van der Waals surface area contributed by atoms with Crippen LogP contribution in [0.25, 0.3) is 0 Å². The van der Waals surface area contributed by atoms with E-state index in [4.69, 9.17) is 11.6 Å². The molecule has 2 bridgehead atoms. The zero-order valence-electron chi connectivity index (χ0n) is 11.6. The van der Waals surface area contributed by atoms with Gasteiger partial charge >= 0.3 is 5.97 Å². The molecule has 0 radical (unpaired) electrons. The van der Waals surface area contributed by atoms with Gasteiger partial charge in [-0.3, -0.25) is 0 Å². The fourth-order valence-electron chi connectivity index (χ4n) is 4.08. The molecule has 0 saturated heterocycles. The smallest absolute Gasteiger partial charge is 0.337 e. The molecule has 2 fully saturated rings. The van der Waals surface area contributed by atoms with Gasteiger partial charge < -0.3 is 10.4 Å². The van der Waals surface area contributed by atoms with Gasteiger partial charge in [0.25, 0.3) is 0 Å². The van der Waals surface area contributed by atoms with E-state index in [0.717, 1.165) is 11.8 Å². The van der Waals surface area contributed by atoms with Crippen LogP contribution in [0.5, 0.6) is 0 Å². The molecule has 20 heavy (non-hydrogen) atoms. The summed E-state index contributed by atoms with van der Waals surface area (Å²) in [7, 11) is 0. The quantitative estimate of drug-likeness (QED) is 0.871. The van der Waals surface area contributed by atoms with Crippen molar-refractivity contribution in [2.75, 3.05) is 5.32 Å². The third kappa shape index (κ3) is 2.51. The summed E-state index contributed by atoms with van der Waals surface area (Å²) in [5.41, 5.74) is 0.935. The number of nitrogens with one attached hydrogen (secondary N) is 1. The molecule has 0 aromatic heterocycles. The van der Waals surface area contributed by atoms with Crippen molar-refractivity contribution in [1.82, 2.24) is 0 Å². The zero-order chi connectivity index (χ0) is 14.3. The Morgan fingerprint density at radius 3 is 2.80 bits per heavy atom. The minimum absolute atomic E-state index is 0.257. The number of carboxylic acids is 1. The number of aromatic carboxylic acids is 1. The second-order valence-corrected chi connectivity index (χ2v) is 6.70. The van der Waals surface area contributed by atoms with Crippen LogP contribution >= 0.6 is 11.6 Å². The Hall–Kier alpha value is -1.22. The summed E-state index contributed by atoms with van der Waals surface area (Å²) in [6.07, 6.45) is 5.38. The molecular weight excluding hydrogens is 274 g/mol. The molecule has 0 heterocycles. The highest BCUT2D eigenvalue weighted by Gasteiger charge is 2.41. The van der Waals surface area contributed by atoms with Crippen LogP contribution in [0.2, 0.25) is 5.02 Å².